The molecule has 0 saturated heterocycles. The average molecular weight is 405 g/mol. The fourth-order valence-corrected chi connectivity index (χ4v) is 3.38. The lowest BCUT2D eigenvalue weighted by Crippen LogP contribution is -2.31. The smallest absolute Gasteiger partial charge is 0.253 e. The van der Waals surface area contributed by atoms with E-state index in [0.717, 1.165) is 12.0 Å². The van der Waals surface area contributed by atoms with Crippen LogP contribution in [-0.2, 0) is 0 Å². The first kappa shape index (κ1) is 19.4. The summed E-state index contributed by atoms with van der Waals surface area (Å²) in [5.41, 5.74) is 1.52. The minimum Gasteiger partial charge on any atom is -0.341 e. The van der Waals surface area contributed by atoms with Crippen molar-refractivity contribution >= 4 is 52.3 Å². The predicted octanol–water partition coefficient (Wildman–Crippen LogP) is 6.57. The Hall–Kier alpha value is -0.930. The van der Waals surface area contributed by atoms with Crippen LogP contribution < -0.4 is 0 Å². The lowest BCUT2D eigenvalue weighted by atomic mass is 9.96. The van der Waals surface area contributed by atoms with E-state index in [2.05, 4.69) is 6.92 Å². The Morgan fingerprint density at radius 1 is 1.00 bits per heavy atom. The fraction of sp³-hybridized carbons (Fsp3) is 0.278. The van der Waals surface area contributed by atoms with Gasteiger partial charge in [-0.15, -0.1) is 0 Å². The van der Waals surface area contributed by atoms with Crippen molar-refractivity contribution in [1.29, 1.82) is 0 Å². The van der Waals surface area contributed by atoms with Crippen LogP contribution in [0.3, 0.4) is 0 Å². The van der Waals surface area contributed by atoms with Crippen molar-refractivity contribution in [2.75, 3.05) is 13.6 Å². The summed E-state index contributed by atoms with van der Waals surface area (Å²) < 4.78 is 0. The molecule has 0 unspecified atom stereocenters. The second-order valence-corrected chi connectivity index (χ2v) is 7.31. The van der Waals surface area contributed by atoms with Crippen molar-refractivity contribution in [1.82, 2.24) is 4.90 Å². The summed E-state index contributed by atoms with van der Waals surface area (Å²) in [6.07, 6.45) is 0.867. The normalized spacial score (nSPS) is 12.1. The maximum absolute atomic E-state index is 12.6. The molecule has 0 aromatic heterocycles. The number of benzene rings is 2. The standard InChI is InChI=1S/C18H17Cl4NO/c1-3-11(12-4-5-16(21)17(22)8-12)10-23(2)18(24)13-6-14(19)9-15(20)7-13/h4-9,11H,3,10H2,1-2H3/t11-/m1/s1. The molecule has 2 aromatic rings. The van der Waals surface area contributed by atoms with Crippen molar-refractivity contribution in [2.24, 2.45) is 0 Å². The maximum atomic E-state index is 12.6. The van der Waals surface area contributed by atoms with Crippen LogP contribution in [0.15, 0.2) is 36.4 Å². The molecular formula is C18H17Cl4NO. The van der Waals surface area contributed by atoms with E-state index in [4.69, 9.17) is 46.4 Å². The Morgan fingerprint density at radius 3 is 2.17 bits per heavy atom. The zero-order valence-corrected chi connectivity index (χ0v) is 16.3. The number of nitrogens with zero attached hydrogens (tertiary/aromatic N) is 1. The van der Waals surface area contributed by atoms with E-state index < -0.39 is 0 Å². The number of likely N-dealkylation sites (N-methyl/N-ethyl adjacent to an activating group) is 1. The molecule has 2 aromatic carbocycles. The third kappa shape index (κ3) is 4.80. The third-order valence-corrected chi connectivity index (χ3v) is 5.03. The highest BCUT2D eigenvalue weighted by Crippen LogP contribution is 2.29. The number of carbonyl (C=O) groups excluding carboxylic acids is 1. The van der Waals surface area contributed by atoms with Gasteiger partial charge in [-0.3, -0.25) is 4.79 Å². The van der Waals surface area contributed by atoms with Gasteiger partial charge in [-0.1, -0.05) is 59.4 Å². The van der Waals surface area contributed by atoms with E-state index in [1.165, 1.54) is 0 Å². The maximum Gasteiger partial charge on any atom is 0.253 e. The molecule has 0 bridgehead atoms. The summed E-state index contributed by atoms with van der Waals surface area (Å²) in [6.45, 7) is 2.62. The molecule has 2 nitrogen and oxygen atoms in total. The number of rotatable bonds is 5. The summed E-state index contributed by atoms with van der Waals surface area (Å²) in [5.74, 6) is 0.0290. The van der Waals surface area contributed by atoms with Crippen molar-refractivity contribution in [3.8, 4) is 0 Å². The number of amides is 1. The van der Waals surface area contributed by atoms with Gasteiger partial charge in [0, 0.05) is 35.1 Å². The van der Waals surface area contributed by atoms with E-state index in [1.807, 2.05) is 12.1 Å². The predicted molar refractivity (Wildman–Crippen MR) is 103 cm³/mol. The first-order valence-electron chi connectivity index (χ1n) is 7.48. The number of carbonyl (C=O) groups is 1. The van der Waals surface area contributed by atoms with Gasteiger partial charge < -0.3 is 4.90 Å². The lowest BCUT2D eigenvalue weighted by Gasteiger charge is -2.24. The lowest BCUT2D eigenvalue weighted by molar-refractivity contribution is 0.0785. The molecule has 0 aliphatic heterocycles. The Kier molecular flexibility index (Phi) is 6.82. The molecule has 0 aliphatic rings. The molecular weight excluding hydrogens is 388 g/mol. The number of halogens is 4. The zero-order valence-electron chi connectivity index (χ0n) is 13.3. The van der Waals surface area contributed by atoms with Crippen molar-refractivity contribution in [2.45, 2.75) is 19.3 Å². The highest BCUT2D eigenvalue weighted by Gasteiger charge is 2.19. The molecule has 1 atom stereocenters. The quantitative estimate of drug-likeness (QED) is 0.551. The van der Waals surface area contributed by atoms with Gasteiger partial charge in [0.15, 0.2) is 0 Å². The molecule has 24 heavy (non-hydrogen) atoms. The van der Waals surface area contributed by atoms with Gasteiger partial charge in [0.1, 0.15) is 0 Å². The first-order chi connectivity index (χ1) is 11.3. The third-order valence-electron chi connectivity index (χ3n) is 3.86. The number of hydrogen-bond acceptors (Lipinski definition) is 1. The molecule has 0 N–H and O–H groups in total. The van der Waals surface area contributed by atoms with Crippen LogP contribution in [0.25, 0.3) is 0 Å². The van der Waals surface area contributed by atoms with E-state index in [1.54, 1.807) is 36.2 Å². The van der Waals surface area contributed by atoms with Crippen LogP contribution in [-0.4, -0.2) is 24.4 Å². The molecule has 1 amide bonds. The van der Waals surface area contributed by atoms with Gasteiger partial charge in [0.2, 0.25) is 0 Å². The van der Waals surface area contributed by atoms with Crippen LogP contribution in [0.2, 0.25) is 20.1 Å². The SMILES string of the molecule is CC[C@H](CN(C)C(=O)c1cc(Cl)cc(Cl)c1)c1ccc(Cl)c(Cl)c1. The van der Waals surface area contributed by atoms with Crippen LogP contribution in [0.4, 0.5) is 0 Å². The number of hydrogen-bond donors (Lipinski definition) is 0. The van der Waals surface area contributed by atoms with E-state index in [9.17, 15) is 4.79 Å². The summed E-state index contributed by atoms with van der Waals surface area (Å²) in [4.78, 5) is 14.3. The summed E-state index contributed by atoms with van der Waals surface area (Å²) in [5, 5.41) is 1.92. The van der Waals surface area contributed by atoms with E-state index >= 15 is 0 Å². The molecule has 0 spiro atoms. The van der Waals surface area contributed by atoms with Crippen LogP contribution in [0.1, 0.15) is 35.2 Å². The van der Waals surface area contributed by atoms with E-state index in [0.29, 0.717) is 32.2 Å². The van der Waals surface area contributed by atoms with Gasteiger partial charge >= 0.3 is 0 Å². The van der Waals surface area contributed by atoms with Crippen molar-refractivity contribution in [3.63, 3.8) is 0 Å². The van der Waals surface area contributed by atoms with Crippen molar-refractivity contribution < 1.29 is 4.79 Å². The topological polar surface area (TPSA) is 20.3 Å². The molecule has 0 fully saturated rings. The van der Waals surface area contributed by atoms with Crippen molar-refractivity contribution in [3.05, 3.63) is 67.6 Å². The molecule has 0 heterocycles. The minimum atomic E-state index is -0.127. The Bertz CT molecular complexity index is 728. The van der Waals surface area contributed by atoms with Crippen LogP contribution in [0, 0.1) is 0 Å². The molecule has 6 heteroatoms. The molecule has 128 valence electrons. The van der Waals surface area contributed by atoms with Gasteiger partial charge in [-0.2, -0.15) is 0 Å². The van der Waals surface area contributed by atoms with Gasteiger partial charge in [-0.05, 0) is 42.3 Å². The highest BCUT2D eigenvalue weighted by molar-refractivity contribution is 6.42. The molecule has 0 saturated carbocycles. The fourth-order valence-electron chi connectivity index (χ4n) is 2.55. The van der Waals surface area contributed by atoms with E-state index in [-0.39, 0.29) is 11.8 Å². The average Bonchev–Trinajstić information content (AvgIpc) is 2.53. The molecule has 0 radical (unpaired) electrons. The summed E-state index contributed by atoms with van der Waals surface area (Å²) in [7, 11) is 1.76. The molecule has 0 aliphatic carbocycles. The Morgan fingerprint density at radius 2 is 1.62 bits per heavy atom. The minimum absolute atomic E-state index is 0.127. The largest absolute Gasteiger partial charge is 0.341 e. The Balaban J connectivity index is 2.17. The highest BCUT2D eigenvalue weighted by atomic mass is 35.5. The first-order valence-corrected chi connectivity index (χ1v) is 8.99. The second-order valence-electron chi connectivity index (χ2n) is 5.62. The van der Waals surface area contributed by atoms with Crippen LogP contribution >= 0.6 is 46.4 Å². The van der Waals surface area contributed by atoms with Crippen LogP contribution in [0.5, 0.6) is 0 Å². The summed E-state index contributed by atoms with van der Waals surface area (Å²) >= 11 is 24.0. The van der Waals surface area contributed by atoms with Gasteiger partial charge in [0.25, 0.3) is 5.91 Å². The molecule has 2 rings (SSSR count). The van der Waals surface area contributed by atoms with Gasteiger partial charge in [-0.25, -0.2) is 0 Å². The summed E-state index contributed by atoms with van der Waals surface area (Å²) in [6, 6.07) is 10.4. The second kappa shape index (κ2) is 8.44. The monoisotopic (exact) mass is 403 g/mol. The Labute approximate surface area is 162 Å². The van der Waals surface area contributed by atoms with Gasteiger partial charge in [0.05, 0.1) is 10.0 Å². The zero-order chi connectivity index (χ0) is 17.9.